The molecule has 0 saturated carbocycles. The van der Waals surface area contributed by atoms with Crippen molar-refractivity contribution in [2.24, 2.45) is 0 Å². The molecular formula is C28H19ClN2O4S. The summed E-state index contributed by atoms with van der Waals surface area (Å²) in [5.41, 5.74) is 1.81. The zero-order chi connectivity index (χ0) is 25.0. The highest BCUT2D eigenvalue weighted by Gasteiger charge is 2.45. The van der Waals surface area contributed by atoms with Crippen LogP contribution >= 0.6 is 22.9 Å². The lowest BCUT2D eigenvalue weighted by Gasteiger charge is -2.23. The van der Waals surface area contributed by atoms with Gasteiger partial charge in [0.25, 0.3) is 5.91 Å². The van der Waals surface area contributed by atoms with E-state index in [4.69, 9.17) is 20.8 Å². The fraction of sp³-hybridized carbons (Fsp3) is 0.107. The lowest BCUT2D eigenvalue weighted by Crippen LogP contribution is -2.29. The minimum Gasteiger partial charge on any atom is -0.457 e. The predicted molar refractivity (Wildman–Crippen MR) is 141 cm³/mol. The van der Waals surface area contributed by atoms with Gasteiger partial charge in [-0.3, -0.25) is 14.5 Å². The Morgan fingerprint density at radius 2 is 1.75 bits per heavy atom. The van der Waals surface area contributed by atoms with Crippen LogP contribution in [0, 0.1) is 13.8 Å². The first-order valence-corrected chi connectivity index (χ1v) is 12.5. The second-order valence-electron chi connectivity index (χ2n) is 8.52. The van der Waals surface area contributed by atoms with Crippen LogP contribution in [0.15, 0.2) is 82.0 Å². The molecule has 3 aromatic carbocycles. The topological polar surface area (TPSA) is 72.6 Å². The number of hydrogen-bond donors (Lipinski definition) is 0. The molecule has 1 unspecified atom stereocenters. The van der Waals surface area contributed by atoms with Crippen LogP contribution in [0.1, 0.15) is 38.3 Å². The predicted octanol–water partition coefficient (Wildman–Crippen LogP) is 7.06. The number of aryl methyl sites for hydroxylation is 2. The number of hydrogen-bond acceptors (Lipinski definition) is 6. The Bertz CT molecular complexity index is 1690. The maximum Gasteiger partial charge on any atom is 0.297 e. The number of para-hydroxylation sites is 1. The zero-order valence-electron chi connectivity index (χ0n) is 19.3. The molecule has 178 valence electrons. The number of rotatable bonds is 4. The van der Waals surface area contributed by atoms with Crippen molar-refractivity contribution in [1.82, 2.24) is 4.98 Å². The van der Waals surface area contributed by atoms with E-state index in [1.807, 2.05) is 68.4 Å². The molecule has 0 aliphatic carbocycles. The summed E-state index contributed by atoms with van der Waals surface area (Å²) in [6, 6.07) is 20.9. The average molecular weight is 515 g/mol. The van der Waals surface area contributed by atoms with E-state index in [1.54, 1.807) is 23.1 Å². The van der Waals surface area contributed by atoms with Gasteiger partial charge in [-0.25, -0.2) is 4.98 Å². The van der Waals surface area contributed by atoms with Crippen molar-refractivity contribution in [2.45, 2.75) is 19.9 Å². The van der Waals surface area contributed by atoms with Gasteiger partial charge in [-0.15, -0.1) is 11.3 Å². The number of halogens is 1. The van der Waals surface area contributed by atoms with Crippen LogP contribution in [-0.4, -0.2) is 10.9 Å². The van der Waals surface area contributed by atoms with Gasteiger partial charge in [-0.05, 0) is 61.9 Å². The molecule has 0 radical (unpaired) electrons. The molecule has 3 heterocycles. The van der Waals surface area contributed by atoms with Crippen LogP contribution in [-0.2, 0) is 0 Å². The molecule has 6 nitrogen and oxygen atoms in total. The molecule has 0 bridgehead atoms. The number of amides is 1. The standard InChI is InChI=1S/C28H19ClN2O4S/c1-15-16(2)36-28(30-15)31-24(17-7-6-10-20(13-17)34-19-8-4-3-5-9-19)23-25(32)21-14-18(29)11-12-22(21)35-26(23)27(31)33/h3-14,24H,1-2H3. The van der Waals surface area contributed by atoms with Gasteiger partial charge >= 0.3 is 0 Å². The molecule has 1 aliphatic rings. The van der Waals surface area contributed by atoms with Crippen molar-refractivity contribution < 1.29 is 13.9 Å². The van der Waals surface area contributed by atoms with Gasteiger partial charge in [0, 0.05) is 9.90 Å². The van der Waals surface area contributed by atoms with Crippen molar-refractivity contribution in [1.29, 1.82) is 0 Å². The summed E-state index contributed by atoms with van der Waals surface area (Å²) in [6.45, 7) is 3.85. The molecule has 1 aliphatic heterocycles. The summed E-state index contributed by atoms with van der Waals surface area (Å²) < 4.78 is 12.1. The molecule has 1 amide bonds. The van der Waals surface area contributed by atoms with Crippen LogP contribution in [0.3, 0.4) is 0 Å². The quantitative estimate of drug-likeness (QED) is 0.256. The number of fused-ring (bicyclic) bond motifs is 2. The molecule has 6 rings (SSSR count). The van der Waals surface area contributed by atoms with Crippen molar-refractivity contribution >= 4 is 44.9 Å². The van der Waals surface area contributed by atoms with Crippen molar-refractivity contribution in [3.05, 3.63) is 116 Å². The Balaban J connectivity index is 1.56. The average Bonchev–Trinajstić information content (AvgIpc) is 3.36. The first kappa shape index (κ1) is 22.5. The number of thiazole rings is 1. The molecular weight excluding hydrogens is 496 g/mol. The lowest BCUT2D eigenvalue weighted by atomic mass is 9.98. The van der Waals surface area contributed by atoms with E-state index in [0.717, 1.165) is 10.6 Å². The Kier molecular flexibility index (Phi) is 5.39. The van der Waals surface area contributed by atoms with Gasteiger partial charge in [0.2, 0.25) is 5.76 Å². The zero-order valence-corrected chi connectivity index (χ0v) is 20.9. The molecule has 2 aromatic heterocycles. The number of benzene rings is 3. The Hall–Kier alpha value is -3.94. The SMILES string of the molecule is Cc1nc(N2C(=O)c3oc4ccc(Cl)cc4c(=O)c3C2c2cccc(Oc3ccccc3)c2)sc1C. The second-order valence-corrected chi connectivity index (χ2v) is 10.1. The number of ether oxygens (including phenoxy) is 1. The normalized spacial score (nSPS) is 14.9. The minimum atomic E-state index is -0.739. The third-order valence-corrected chi connectivity index (χ3v) is 7.52. The van der Waals surface area contributed by atoms with Gasteiger partial charge in [0.1, 0.15) is 17.1 Å². The van der Waals surface area contributed by atoms with E-state index in [-0.39, 0.29) is 16.8 Å². The van der Waals surface area contributed by atoms with Crippen LogP contribution in [0.25, 0.3) is 11.0 Å². The molecule has 36 heavy (non-hydrogen) atoms. The second kappa shape index (κ2) is 8.62. The maximum absolute atomic E-state index is 13.8. The summed E-state index contributed by atoms with van der Waals surface area (Å²) in [4.78, 5) is 34.7. The lowest BCUT2D eigenvalue weighted by molar-refractivity contribution is 0.0971. The van der Waals surface area contributed by atoms with E-state index < -0.39 is 11.9 Å². The van der Waals surface area contributed by atoms with E-state index >= 15 is 0 Å². The summed E-state index contributed by atoms with van der Waals surface area (Å²) in [5.74, 6) is 0.867. The van der Waals surface area contributed by atoms with Gasteiger partial charge in [0.15, 0.2) is 10.6 Å². The van der Waals surface area contributed by atoms with Crippen molar-refractivity contribution in [3.63, 3.8) is 0 Å². The van der Waals surface area contributed by atoms with E-state index in [2.05, 4.69) is 4.98 Å². The van der Waals surface area contributed by atoms with Crippen LogP contribution in [0.4, 0.5) is 5.13 Å². The number of anilines is 1. The molecule has 0 saturated heterocycles. The highest BCUT2D eigenvalue weighted by molar-refractivity contribution is 7.15. The van der Waals surface area contributed by atoms with Crippen LogP contribution < -0.4 is 15.1 Å². The van der Waals surface area contributed by atoms with Crippen molar-refractivity contribution in [2.75, 3.05) is 4.90 Å². The number of nitrogens with zero attached hydrogens (tertiary/aromatic N) is 2. The van der Waals surface area contributed by atoms with E-state index in [9.17, 15) is 9.59 Å². The molecule has 1 atom stereocenters. The summed E-state index contributed by atoms with van der Waals surface area (Å²) in [7, 11) is 0. The number of carbonyl (C=O) groups excluding carboxylic acids is 1. The molecule has 0 spiro atoms. The van der Waals surface area contributed by atoms with Gasteiger partial charge in [0.05, 0.1) is 22.7 Å². The van der Waals surface area contributed by atoms with Crippen LogP contribution in [0.2, 0.25) is 5.02 Å². The third kappa shape index (κ3) is 3.68. The molecule has 0 N–H and O–H groups in total. The van der Waals surface area contributed by atoms with E-state index in [0.29, 0.717) is 38.2 Å². The highest BCUT2D eigenvalue weighted by atomic mass is 35.5. The van der Waals surface area contributed by atoms with Gasteiger partial charge < -0.3 is 9.15 Å². The smallest absolute Gasteiger partial charge is 0.297 e. The van der Waals surface area contributed by atoms with Crippen LogP contribution in [0.5, 0.6) is 11.5 Å². The first-order chi connectivity index (χ1) is 17.4. The summed E-state index contributed by atoms with van der Waals surface area (Å²) in [5, 5.41) is 1.24. The molecule has 0 fully saturated rings. The highest BCUT2D eigenvalue weighted by Crippen LogP contribution is 2.43. The van der Waals surface area contributed by atoms with E-state index in [1.165, 1.54) is 11.3 Å². The first-order valence-electron chi connectivity index (χ1n) is 11.3. The Morgan fingerprint density at radius 1 is 0.972 bits per heavy atom. The Labute approximate surface area is 215 Å². The van der Waals surface area contributed by atoms with Gasteiger partial charge in [-0.2, -0.15) is 0 Å². The van der Waals surface area contributed by atoms with Crippen molar-refractivity contribution in [3.8, 4) is 11.5 Å². The minimum absolute atomic E-state index is 0.0136. The summed E-state index contributed by atoms with van der Waals surface area (Å²) in [6.07, 6.45) is 0. The fourth-order valence-corrected chi connectivity index (χ4v) is 5.50. The third-order valence-electron chi connectivity index (χ3n) is 6.21. The Morgan fingerprint density at radius 3 is 2.50 bits per heavy atom. The summed E-state index contributed by atoms with van der Waals surface area (Å²) >= 11 is 7.59. The fourth-order valence-electron chi connectivity index (χ4n) is 4.39. The molecule has 8 heteroatoms. The number of aromatic nitrogens is 1. The monoisotopic (exact) mass is 514 g/mol. The largest absolute Gasteiger partial charge is 0.457 e. The van der Waals surface area contributed by atoms with Gasteiger partial charge in [-0.1, -0.05) is 41.9 Å². The molecule has 5 aromatic rings. The number of carbonyl (C=O) groups is 1. The maximum atomic E-state index is 13.8.